The molecule has 1 aromatic rings. The van der Waals surface area contributed by atoms with Crippen LogP contribution in [0.1, 0.15) is 37.7 Å². The van der Waals surface area contributed by atoms with E-state index in [0.717, 1.165) is 25.7 Å². The molecule has 0 saturated heterocycles. The van der Waals surface area contributed by atoms with Gasteiger partial charge in [-0.05, 0) is 36.6 Å². The summed E-state index contributed by atoms with van der Waals surface area (Å²) >= 11 is 0. The van der Waals surface area contributed by atoms with Crippen LogP contribution in [0, 0.1) is 22.7 Å². The molecule has 1 aromatic carbocycles. The standard InChI is InChI=1S/C19H21N3O3/c1-24-18-12-14(7-8-17(18)25-10-9-20)11-15(13-21)19(23)22-16-5-3-2-4-6-16/h7-8,11-12,16H,2-6,10H2,1H3,(H,22,23)/b15-11+. The fourth-order valence-corrected chi connectivity index (χ4v) is 2.83. The number of benzene rings is 1. The highest BCUT2D eigenvalue weighted by Crippen LogP contribution is 2.29. The number of methoxy groups -OCH3 is 1. The molecule has 0 aromatic heterocycles. The van der Waals surface area contributed by atoms with E-state index in [-0.39, 0.29) is 24.1 Å². The maximum atomic E-state index is 12.3. The molecule has 0 aliphatic heterocycles. The van der Waals surface area contributed by atoms with Crippen molar-refractivity contribution >= 4 is 12.0 Å². The van der Waals surface area contributed by atoms with Crippen molar-refractivity contribution in [1.29, 1.82) is 10.5 Å². The zero-order valence-corrected chi connectivity index (χ0v) is 14.2. The Morgan fingerprint density at radius 2 is 2.04 bits per heavy atom. The second kappa shape index (κ2) is 9.34. The summed E-state index contributed by atoms with van der Waals surface area (Å²) in [7, 11) is 1.49. The number of nitriles is 2. The van der Waals surface area contributed by atoms with Gasteiger partial charge in [0.2, 0.25) is 0 Å². The third kappa shape index (κ3) is 5.26. The van der Waals surface area contributed by atoms with Gasteiger partial charge >= 0.3 is 0 Å². The number of carbonyl (C=O) groups excluding carboxylic acids is 1. The van der Waals surface area contributed by atoms with E-state index >= 15 is 0 Å². The Balaban J connectivity index is 2.13. The van der Waals surface area contributed by atoms with Gasteiger partial charge in [0.05, 0.1) is 7.11 Å². The van der Waals surface area contributed by atoms with E-state index in [0.29, 0.717) is 17.1 Å². The van der Waals surface area contributed by atoms with Gasteiger partial charge in [-0.3, -0.25) is 4.79 Å². The monoisotopic (exact) mass is 339 g/mol. The minimum Gasteiger partial charge on any atom is -0.493 e. The molecule has 1 aliphatic carbocycles. The number of ether oxygens (including phenoxy) is 2. The molecular formula is C19H21N3O3. The zero-order chi connectivity index (χ0) is 18.1. The zero-order valence-electron chi connectivity index (χ0n) is 14.2. The van der Waals surface area contributed by atoms with Gasteiger partial charge in [-0.25, -0.2) is 0 Å². The lowest BCUT2D eigenvalue weighted by Gasteiger charge is -2.22. The first kappa shape index (κ1) is 18.4. The minimum absolute atomic E-state index is 0.0540. The molecule has 1 aliphatic rings. The fraction of sp³-hybridized carbons (Fsp3) is 0.421. The predicted octanol–water partition coefficient (Wildman–Crippen LogP) is 2.95. The summed E-state index contributed by atoms with van der Waals surface area (Å²) in [6, 6.07) is 9.02. The Morgan fingerprint density at radius 3 is 2.68 bits per heavy atom. The molecule has 0 bridgehead atoms. The number of rotatable bonds is 6. The number of hydrogen-bond acceptors (Lipinski definition) is 5. The summed E-state index contributed by atoms with van der Waals surface area (Å²) in [5, 5.41) is 20.8. The van der Waals surface area contributed by atoms with Crippen molar-refractivity contribution in [3.8, 4) is 23.6 Å². The summed E-state index contributed by atoms with van der Waals surface area (Å²) < 4.78 is 10.5. The van der Waals surface area contributed by atoms with Crippen LogP contribution in [-0.4, -0.2) is 25.7 Å². The van der Waals surface area contributed by atoms with E-state index in [1.165, 1.54) is 19.6 Å². The SMILES string of the molecule is COc1cc(/C=C(\C#N)C(=O)NC2CCCCC2)ccc1OCC#N. The summed E-state index contributed by atoms with van der Waals surface area (Å²) in [6.07, 6.45) is 6.87. The number of hydrogen-bond donors (Lipinski definition) is 1. The van der Waals surface area contributed by atoms with Crippen LogP contribution in [0.4, 0.5) is 0 Å². The quantitative estimate of drug-likeness (QED) is 0.635. The van der Waals surface area contributed by atoms with Gasteiger partial charge in [-0.2, -0.15) is 10.5 Å². The third-order valence-electron chi connectivity index (χ3n) is 4.10. The van der Waals surface area contributed by atoms with Crippen LogP contribution in [0.15, 0.2) is 23.8 Å². The topological polar surface area (TPSA) is 95.1 Å². The van der Waals surface area contributed by atoms with E-state index in [4.69, 9.17) is 14.7 Å². The van der Waals surface area contributed by atoms with Crippen LogP contribution >= 0.6 is 0 Å². The molecule has 0 heterocycles. The highest BCUT2D eigenvalue weighted by Gasteiger charge is 2.18. The Hall–Kier alpha value is -2.99. The second-order valence-corrected chi connectivity index (χ2v) is 5.84. The molecule has 0 spiro atoms. The Labute approximate surface area is 147 Å². The largest absolute Gasteiger partial charge is 0.493 e. The first-order valence-corrected chi connectivity index (χ1v) is 8.28. The average molecular weight is 339 g/mol. The van der Waals surface area contributed by atoms with Crippen molar-refractivity contribution in [2.24, 2.45) is 0 Å². The van der Waals surface area contributed by atoms with Crippen LogP contribution < -0.4 is 14.8 Å². The smallest absolute Gasteiger partial charge is 0.262 e. The van der Waals surface area contributed by atoms with Gasteiger partial charge in [0.15, 0.2) is 18.1 Å². The number of nitrogens with zero attached hydrogens (tertiary/aromatic N) is 2. The van der Waals surface area contributed by atoms with Crippen LogP contribution in [0.2, 0.25) is 0 Å². The van der Waals surface area contributed by atoms with Gasteiger partial charge in [-0.1, -0.05) is 25.3 Å². The molecule has 0 unspecified atom stereocenters. The number of amides is 1. The van der Waals surface area contributed by atoms with Crippen LogP contribution in [-0.2, 0) is 4.79 Å². The predicted molar refractivity (Wildman–Crippen MR) is 92.7 cm³/mol. The lowest BCUT2D eigenvalue weighted by molar-refractivity contribution is -0.117. The van der Waals surface area contributed by atoms with Crippen LogP contribution in [0.25, 0.3) is 6.08 Å². The first-order chi connectivity index (χ1) is 12.2. The lowest BCUT2D eigenvalue weighted by Crippen LogP contribution is -2.36. The van der Waals surface area contributed by atoms with Crippen molar-refractivity contribution in [2.45, 2.75) is 38.1 Å². The van der Waals surface area contributed by atoms with Crippen molar-refractivity contribution in [3.05, 3.63) is 29.3 Å². The molecule has 6 heteroatoms. The fourth-order valence-electron chi connectivity index (χ4n) is 2.83. The maximum Gasteiger partial charge on any atom is 0.262 e. The summed E-state index contributed by atoms with van der Waals surface area (Å²) in [4.78, 5) is 12.3. The normalized spacial score (nSPS) is 14.9. The molecule has 1 fully saturated rings. The minimum atomic E-state index is -0.349. The Bertz CT molecular complexity index is 722. The Morgan fingerprint density at radius 1 is 1.28 bits per heavy atom. The molecule has 130 valence electrons. The first-order valence-electron chi connectivity index (χ1n) is 8.28. The molecule has 25 heavy (non-hydrogen) atoms. The molecule has 1 N–H and O–H groups in total. The highest BCUT2D eigenvalue weighted by atomic mass is 16.5. The van der Waals surface area contributed by atoms with Gasteiger partial charge in [0, 0.05) is 6.04 Å². The number of carbonyl (C=O) groups is 1. The highest BCUT2D eigenvalue weighted by molar-refractivity contribution is 6.01. The second-order valence-electron chi connectivity index (χ2n) is 5.84. The molecular weight excluding hydrogens is 318 g/mol. The summed E-state index contributed by atoms with van der Waals surface area (Å²) in [5.74, 6) is 0.526. The molecule has 0 atom stereocenters. The van der Waals surface area contributed by atoms with E-state index < -0.39 is 0 Å². The van der Waals surface area contributed by atoms with Crippen LogP contribution in [0.3, 0.4) is 0 Å². The number of nitrogens with one attached hydrogen (secondary N) is 1. The van der Waals surface area contributed by atoms with Gasteiger partial charge in [0.1, 0.15) is 17.7 Å². The van der Waals surface area contributed by atoms with Gasteiger partial charge in [0.25, 0.3) is 5.91 Å². The maximum absolute atomic E-state index is 12.3. The summed E-state index contributed by atoms with van der Waals surface area (Å²) in [5.41, 5.74) is 0.704. The molecule has 6 nitrogen and oxygen atoms in total. The lowest BCUT2D eigenvalue weighted by atomic mass is 9.95. The van der Waals surface area contributed by atoms with Gasteiger partial charge in [-0.15, -0.1) is 0 Å². The van der Waals surface area contributed by atoms with E-state index in [2.05, 4.69) is 5.32 Å². The Kier molecular flexibility index (Phi) is 6.86. The molecule has 2 rings (SSSR count). The van der Waals surface area contributed by atoms with E-state index in [1.54, 1.807) is 18.2 Å². The van der Waals surface area contributed by atoms with Crippen molar-refractivity contribution in [3.63, 3.8) is 0 Å². The molecule has 1 amide bonds. The van der Waals surface area contributed by atoms with E-state index in [9.17, 15) is 10.1 Å². The molecule has 1 saturated carbocycles. The summed E-state index contributed by atoms with van der Waals surface area (Å²) in [6.45, 7) is -0.0845. The average Bonchev–Trinajstić information content (AvgIpc) is 2.65. The molecule has 0 radical (unpaired) electrons. The van der Waals surface area contributed by atoms with Gasteiger partial charge < -0.3 is 14.8 Å². The van der Waals surface area contributed by atoms with Crippen molar-refractivity contribution < 1.29 is 14.3 Å². The van der Waals surface area contributed by atoms with Crippen LogP contribution in [0.5, 0.6) is 11.5 Å². The van der Waals surface area contributed by atoms with E-state index in [1.807, 2.05) is 12.1 Å². The third-order valence-corrected chi connectivity index (χ3v) is 4.10. The van der Waals surface area contributed by atoms with Crippen molar-refractivity contribution in [1.82, 2.24) is 5.32 Å². The van der Waals surface area contributed by atoms with Crippen molar-refractivity contribution in [2.75, 3.05) is 13.7 Å².